The molecular weight excluding hydrogens is 202 g/mol. The fourth-order valence-corrected chi connectivity index (χ4v) is 0.852. The van der Waals surface area contributed by atoms with Gasteiger partial charge in [-0.25, -0.2) is 8.78 Å². The lowest BCUT2D eigenvalue weighted by Gasteiger charge is -2.06. The highest BCUT2D eigenvalue weighted by Crippen LogP contribution is 2.25. The molecule has 0 spiro atoms. The Balaban J connectivity index is 3.20. The summed E-state index contributed by atoms with van der Waals surface area (Å²) in [4.78, 5) is 0. The minimum atomic E-state index is -3.26. The Morgan fingerprint density at radius 2 is 1.93 bits per heavy atom. The molecule has 1 rings (SSSR count). The highest BCUT2D eigenvalue weighted by Gasteiger charge is 2.16. The lowest BCUT2D eigenvalue weighted by Crippen LogP contribution is -2.05. The quantitative estimate of drug-likeness (QED) is 0.694. The first-order chi connectivity index (χ1) is 6.54. The molecule has 0 aliphatic carbocycles. The molecule has 6 heteroatoms. The molecule has 0 heterocycles. The molecule has 0 saturated heterocycles. The number of rotatable bonds is 2. The van der Waals surface area contributed by atoms with Crippen molar-refractivity contribution < 1.29 is 22.3 Å². The Morgan fingerprint density at radius 3 is 2.43 bits per heavy atom. The van der Waals surface area contributed by atoms with Gasteiger partial charge in [-0.3, -0.25) is 0 Å². The van der Waals surface area contributed by atoms with Crippen LogP contribution in [0.1, 0.15) is 5.56 Å². The molecule has 0 radical (unpaired) electrons. The van der Waals surface area contributed by atoms with Crippen molar-refractivity contribution in [2.24, 2.45) is 0 Å². The van der Waals surface area contributed by atoms with E-state index in [1.807, 2.05) is 0 Å². The van der Waals surface area contributed by atoms with Crippen molar-refractivity contribution in [3.8, 4) is 11.8 Å². The third-order valence-electron chi connectivity index (χ3n) is 1.34. The summed E-state index contributed by atoms with van der Waals surface area (Å²) in [6.07, 6.45) is 0. The Morgan fingerprint density at radius 1 is 1.29 bits per heavy atom. The van der Waals surface area contributed by atoms with Crippen molar-refractivity contribution in [3.05, 3.63) is 29.3 Å². The number of nitriles is 1. The van der Waals surface area contributed by atoms with Crippen LogP contribution in [0.15, 0.2) is 12.1 Å². The molecule has 0 aromatic heterocycles. The maximum Gasteiger partial charge on any atom is 0.387 e. The van der Waals surface area contributed by atoms with Crippen LogP contribution in [0, 0.1) is 23.0 Å². The van der Waals surface area contributed by atoms with Crippen molar-refractivity contribution in [3.63, 3.8) is 0 Å². The van der Waals surface area contributed by atoms with E-state index in [4.69, 9.17) is 5.26 Å². The van der Waals surface area contributed by atoms with E-state index in [9.17, 15) is 17.6 Å². The lowest BCUT2D eigenvalue weighted by molar-refractivity contribution is -0.0524. The van der Waals surface area contributed by atoms with Gasteiger partial charge in [0.1, 0.15) is 17.4 Å². The zero-order valence-electron chi connectivity index (χ0n) is 6.60. The van der Waals surface area contributed by atoms with Crippen LogP contribution in [0.25, 0.3) is 0 Å². The van der Waals surface area contributed by atoms with Crippen molar-refractivity contribution in [2.45, 2.75) is 6.61 Å². The molecule has 2 nitrogen and oxygen atoms in total. The van der Waals surface area contributed by atoms with Gasteiger partial charge >= 0.3 is 6.61 Å². The monoisotopic (exact) mass is 205 g/mol. The van der Waals surface area contributed by atoms with E-state index in [1.165, 1.54) is 6.07 Å². The summed E-state index contributed by atoms with van der Waals surface area (Å²) in [6.45, 7) is -3.26. The van der Waals surface area contributed by atoms with Crippen LogP contribution in [0.2, 0.25) is 0 Å². The Bertz CT molecular complexity index is 386. The molecule has 74 valence electrons. The molecule has 1 aromatic carbocycles. The van der Waals surface area contributed by atoms with Crippen molar-refractivity contribution in [1.82, 2.24) is 0 Å². The second-order valence-electron chi connectivity index (χ2n) is 2.25. The Hall–Kier alpha value is -1.77. The van der Waals surface area contributed by atoms with E-state index >= 15 is 0 Å². The van der Waals surface area contributed by atoms with Gasteiger partial charge in [-0.05, 0) is 6.07 Å². The van der Waals surface area contributed by atoms with Gasteiger partial charge in [-0.2, -0.15) is 14.0 Å². The third kappa shape index (κ3) is 2.13. The second kappa shape index (κ2) is 3.96. The minimum Gasteiger partial charge on any atom is -0.430 e. The van der Waals surface area contributed by atoms with Crippen LogP contribution < -0.4 is 4.74 Å². The van der Waals surface area contributed by atoms with Crippen molar-refractivity contribution in [1.29, 1.82) is 5.26 Å². The van der Waals surface area contributed by atoms with E-state index in [2.05, 4.69) is 4.74 Å². The molecule has 0 bridgehead atoms. The van der Waals surface area contributed by atoms with Gasteiger partial charge in [-0.15, -0.1) is 0 Å². The molecule has 14 heavy (non-hydrogen) atoms. The summed E-state index contributed by atoms with van der Waals surface area (Å²) in [5.74, 6) is -3.30. The van der Waals surface area contributed by atoms with Gasteiger partial charge in [0.05, 0.1) is 0 Å². The van der Waals surface area contributed by atoms with E-state index in [0.717, 1.165) is 0 Å². The number of alkyl halides is 2. The van der Waals surface area contributed by atoms with Gasteiger partial charge in [0.25, 0.3) is 0 Å². The topological polar surface area (TPSA) is 33.0 Å². The molecule has 0 aliphatic rings. The number of ether oxygens (including phenoxy) is 1. The van der Waals surface area contributed by atoms with E-state index < -0.39 is 29.6 Å². The average molecular weight is 205 g/mol. The Labute approximate surface area is 76.3 Å². The first-order valence-corrected chi connectivity index (χ1v) is 3.38. The normalized spacial score (nSPS) is 10.0. The molecule has 0 aliphatic heterocycles. The molecule has 0 amide bonds. The smallest absolute Gasteiger partial charge is 0.387 e. The van der Waals surface area contributed by atoms with Gasteiger partial charge in [0.2, 0.25) is 0 Å². The zero-order chi connectivity index (χ0) is 10.7. The van der Waals surface area contributed by atoms with Gasteiger partial charge in [0, 0.05) is 6.07 Å². The first kappa shape index (κ1) is 10.3. The SMILES string of the molecule is N#Cc1cc(F)cc(F)c1OC(F)F. The summed E-state index contributed by atoms with van der Waals surface area (Å²) in [5.41, 5.74) is -0.609. The van der Waals surface area contributed by atoms with Crippen LogP contribution >= 0.6 is 0 Å². The van der Waals surface area contributed by atoms with Gasteiger partial charge in [-0.1, -0.05) is 0 Å². The van der Waals surface area contributed by atoms with E-state index in [-0.39, 0.29) is 0 Å². The molecule has 0 saturated carbocycles. The van der Waals surface area contributed by atoms with Crippen LogP contribution in [-0.4, -0.2) is 6.61 Å². The highest BCUT2D eigenvalue weighted by atomic mass is 19.3. The largest absolute Gasteiger partial charge is 0.430 e. The third-order valence-corrected chi connectivity index (χ3v) is 1.34. The molecule has 1 aromatic rings. The van der Waals surface area contributed by atoms with Gasteiger partial charge < -0.3 is 4.74 Å². The maximum absolute atomic E-state index is 12.8. The van der Waals surface area contributed by atoms with Crippen LogP contribution in [0.5, 0.6) is 5.75 Å². The first-order valence-electron chi connectivity index (χ1n) is 3.38. The van der Waals surface area contributed by atoms with Crippen LogP contribution in [-0.2, 0) is 0 Å². The summed E-state index contributed by atoms with van der Waals surface area (Å²) in [5, 5.41) is 8.37. The predicted molar refractivity (Wildman–Crippen MR) is 37.7 cm³/mol. The molecule has 0 unspecified atom stereocenters. The maximum atomic E-state index is 12.8. The summed E-state index contributed by atoms with van der Waals surface area (Å²) < 4.78 is 52.5. The minimum absolute atomic E-state index is 0.360. The summed E-state index contributed by atoms with van der Waals surface area (Å²) in [7, 11) is 0. The van der Waals surface area contributed by atoms with Crippen molar-refractivity contribution in [2.75, 3.05) is 0 Å². The van der Waals surface area contributed by atoms with Crippen LogP contribution in [0.3, 0.4) is 0 Å². The van der Waals surface area contributed by atoms with E-state index in [1.54, 1.807) is 0 Å². The molecular formula is C8H3F4NO. The fourth-order valence-electron chi connectivity index (χ4n) is 0.852. The van der Waals surface area contributed by atoms with Gasteiger partial charge in [0.15, 0.2) is 11.6 Å². The number of benzene rings is 1. The summed E-state index contributed by atoms with van der Waals surface area (Å²) >= 11 is 0. The van der Waals surface area contributed by atoms with Crippen LogP contribution in [0.4, 0.5) is 17.6 Å². The predicted octanol–water partition coefficient (Wildman–Crippen LogP) is 2.44. The summed E-state index contributed by atoms with van der Waals surface area (Å²) in [6, 6.07) is 2.32. The number of halogens is 4. The average Bonchev–Trinajstić information content (AvgIpc) is 2.08. The molecule has 0 N–H and O–H groups in total. The Kier molecular flexibility index (Phi) is 2.92. The number of hydrogen-bond donors (Lipinski definition) is 0. The lowest BCUT2D eigenvalue weighted by atomic mass is 10.2. The molecule has 0 fully saturated rings. The van der Waals surface area contributed by atoms with Crippen molar-refractivity contribution >= 4 is 0 Å². The zero-order valence-corrected chi connectivity index (χ0v) is 6.60. The van der Waals surface area contributed by atoms with E-state index in [0.29, 0.717) is 12.1 Å². The highest BCUT2D eigenvalue weighted by molar-refractivity contribution is 5.44. The fraction of sp³-hybridized carbons (Fsp3) is 0.125. The number of nitrogens with zero attached hydrogens (tertiary/aromatic N) is 1. The standard InChI is InChI=1S/C8H3F4NO/c9-5-1-4(3-13)7(6(10)2-5)14-8(11)12/h1-2,8H. The molecule has 0 atom stereocenters. The second-order valence-corrected chi connectivity index (χ2v) is 2.25. The number of hydrogen-bond acceptors (Lipinski definition) is 2.